The molecule has 17 heteroatoms. The Morgan fingerprint density at radius 3 is 2.19 bits per heavy atom. The summed E-state index contributed by atoms with van der Waals surface area (Å²) in [5.41, 5.74) is 3.55. The van der Waals surface area contributed by atoms with Gasteiger partial charge in [-0.25, -0.2) is 19.1 Å². The number of fused-ring (bicyclic) bond motifs is 1. The van der Waals surface area contributed by atoms with Crippen molar-refractivity contribution in [3.05, 3.63) is 46.0 Å². The number of hydrogen-bond acceptors (Lipinski definition) is 8. The van der Waals surface area contributed by atoms with Crippen molar-refractivity contribution in [2.24, 2.45) is 0 Å². The van der Waals surface area contributed by atoms with E-state index < -0.39 is 24.3 Å². The number of halogens is 6. The molecule has 0 radical (unpaired) electrons. The summed E-state index contributed by atoms with van der Waals surface area (Å²) in [7, 11) is 0. The van der Waals surface area contributed by atoms with E-state index in [0.717, 1.165) is 50.9 Å². The minimum absolute atomic E-state index is 0.417. The quantitative estimate of drug-likeness (QED) is 0.402. The molecule has 5 heterocycles. The number of pyridine rings is 1. The molecular weight excluding hydrogens is 596 g/mol. The van der Waals surface area contributed by atoms with E-state index in [0.29, 0.717) is 5.92 Å². The number of thiophene rings is 1. The highest BCUT2D eigenvalue weighted by atomic mass is 32.1. The van der Waals surface area contributed by atoms with Gasteiger partial charge in [-0.3, -0.25) is 4.90 Å². The van der Waals surface area contributed by atoms with Crippen LogP contribution in [0.2, 0.25) is 0 Å². The van der Waals surface area contributed by atoms with E-state index in [9.17, 15) is 26.3 Å². The predicted octanol–water partition coefficient (Wildman–Crippen LogP) is 4.58. The Balaban J connectivity index is 0.000000289. The number of carboxylic acids is 2. The van der Waals surface area contributed by atoms with Crippen molar-refractivity contribution >= 4 is 34.6 Å². The van der Waals surface area contributed by atoms with Crippen molar-refractivity contribution < 1.29 is 50.9 Å². The molecule has 2 fully saturated rings. The number of likely N-dealkylation sites (tertiary alicyclic amines) is 1. The van der Waals surface area contributed by atoms with Crippen LogP contribution in [0.15, 0.2) is 29.8 Å². The Morgan fingerprint density at radius 2 is 1.64 bits per heavy atom. The predicted molar refractivity (Wildman–Crippen MR) is 140 cm³/mol. The summed E-state index contributed by atoms with van der Waals surface area (Å²) in [5, 5.41) is 21.3. The molecule has 3 aromatic rings. The summed E-state index contributed by atoms with van der Waals surface area (Å²) in [4.78, 5) is 29.1. The van der Waals surface area contributed by atoms with Crippen molar-refractivity contribution in [3.8, 4) is 0 Å². The summed E-state index contributed by atoms with van der Waals surface area (Å²) in [6.07, 6.45) is -5.66. The Kier molecular flexibility index (Phi) is 11.1. The van der Waals surface area contributed by atoms with Crippen molar-refractivity contribution in [1.82, 2.24) is 19.5 Å². The molecule has 0 spiro atoms. The Hall–Kier alpha value is -3.44. The lowest BCUT2D eigenvalue weighted by atomic mass is 9.97. The summed E-state index contributed by atoms with van der Waals surface area (Å²) < 4.78 is 70.9. The number of piperidine rings is 1. The Bertz CT molecular complexity index is 1320. The van der Waals surface area contributed by atoms with E-state index in [-0.39, 0.29) is 0 Å². The van der Waals surface area contributed by atoms with Crippen LogP contribution in [-0.2, 0) is 20.9 Å². The van der Waals surface area contributed by atoms with Gasteiger partial charge in [0, 0.05) is 37.0 Å². The molecule has 2 N–H and O–H groups in total. The summed E-state index contributed by atoms with van der Waals surface area (Å²) in [6.45, 7) is 8.94. The molecular formula is C25H29F6N5O5S. The third-order valence-corrected chi connectivity index (χ3v) is 7.41. The fourth-order valence-electron chi connectivity index (χ4n) is 4.25. The minimum Gasteiger partial charge on any atom is -0.475 e. The van der Waals surface area contributed by atoms with Crippen LogP contribution in [0.5, 0.6) is 0 Å². The van der Waals surface area contributed by atoms with Gasteiger partial charge in [0.05, 0.1) is 25.1 Å². The van der Waals surface area contributed by atoms with Crippen LogP contribution in [0.1, 0.15) is 35.0 Å². The molecule has 2 aliphatic rings. The number of anilines is 1. The van der Waals surface area contributed by atoms with Crippen LogP contribution < -0.4 is 4.90 Å². The van der Waals surface area contributed by atoms with Gasteiger partial charge in [0.25, 0.3) is 0 Å². The molecule has 0 aromatic carbocycles. The first-order valence-corrected chi connectivity index (χ1v) is 13.6. The number of hydrogen-bond donors (Lipinski definition) is 2. The maximum Gasteiger partial charge on any atom is 0.490 e. The fraction of sp³-hybridized carbons (Fsp3) is 0.520. The maximum atomic E-state index is 10.6. The van der Waals surface area contributed by atoms with Gasteiger partial charge in [0.1, 0.15) is 0 Å². The number of carboxylic acid groups (broad SMARTS) is 2. The number of aromatic nitrogens is 3. The maximum absolute atomic E-state index is 10.6. The number of aliphatic carboxylic acids is 2. The van der Waals surface area contributed by atoms with E-state index in [1.165, 1.54) is 35.5 Å². The molecule has 2 aliphatic heterocycles. The molecule has 1 unspecified atom stereocenters. The highest BCUT2D eigenvalue weighted by Crippen LogP contribution is 2.28. The molecule has 1 atom stereocenters. The normalized spacial score (nSPS) is 18.1. The number of morpholine rings is 1. The van der Waals surface area contributed by atoms with E-state index in [1.54, 1.807) is 0 Å². The third kappa shape index (κ3) is 9.55. The largest absolute Gasteiger partial charge is 0.490 e. The van der Waals surface area contributed by atoms with E-state index in [4.69, 9.17) is 34.6 Å². The second kappa shape index (κ2) is 14.2. The molecule has 0 saturated carbocycles. The number of nitrogens with zero attached hydrogens (tertiary/aromatic N) is 5. The molecule has 232 valence electrons. The van der Waals surface area contributed by atoms with Gasteiger partial charge in [-0.1, -0.05) is 0 Å². The molecule has 0 amide bonds. The van der Waals surface area contributed by atoms with Gasteiger partial charge < -0.3 is 19.8 Å². The van der Waals surface area contributed by atoms with Crippen molar-refractivity contribution in [1.29, 1.82) is 0 Å². The standard InChI is InChI=1S/C21H27N5OS.2C2HF3O2/c1-16-6-12-28-19(16)15-24-7-2-3-17(13-24)21-22-20-5-4-18(14-26(20)23-21)25-8-10-27-11-9-25;2*3-2(4,5)1(6)7/h4-6,12,14,17H,2-3,7-11,13,15H2,1H3;2*(H,6,7). The fourth-order valence-corrected chi connectivity index (χ4v) is 5.20. The highest BCUT2D eigenvalue weighted by molar-refractivity contribution is 7.10. The molecule has 10 nitrogen and oxygen atoms in total. The summed E-state index contributed by atoms with van der Waals surface area (Å²) in [5.74, 6) is -4.10. The average Bonchev–Trinajstić information content (AvgIpc) is 3.54. The van der Waals surface area contributed by atoms with Gasteiger partial charge >= 0.3 is 24.3 Å². The second-order valence-electron chi connectivity index (χ2n) is 9.47. The number of rotatable bonds is 4. The van der Waals surface area contributed by atoms with Crippen molar-refractivity contribution in [2.45, 2.75) is 44.6 Å². The Morgan fingerprint density at radius 1 is 1.02 bits per heavy atom. The first kappa shape index (κ1) is 33.1. The summed E-state index contributed by atoms with van der Waals surface area (Å²) in [6, 6.07) is 6.47. The minimum atomic E-state index is -5.08. The second-order valence-corrected chi connectivity index (χ2v) is 10.5. The van der Waals surface area contributed by atoms with E-state index in [1.807, 2.05) is 15.9 Å². The van der Waals surface area contributed by atoms with Crippen molar-refractivity contribution in [3.63, 3.8) is 0 Å². The number of aryl methyl sites for hydroxylation is 1. The molecule has 2 saturated heterocycles. The number of alkyl halides is 6. The zero-order valence-corrected chi connectivity index (χ0v) is 23.2. The lowest BCUT2D eigenvalue weighted by Crippen LogP contribution is -2.36. The SMILES string of the molecule is Cc1ccsc1CN1CCCC(c2nc3ccc(N4CCOCC4)cn3n2)C1.O=C(O)C(F)(F)F.O=C(O)C(F)(F)F. The zero-order chi connectivity index (χ0) is 31.1. The van der Waals surface area contributed by atoms with Gasteiger partial charge in [-0.2, -0.15) is 31.4 Å². The molecule has 42 heavy (non-hydrogen) atoms. The van der Waals surface area contributed by atoms with Crippen LogP contribution in [-0.4, -0.2) is 93.4 Å². The van der Waals surface area contributed by atoms with Crippen LogP contribution in [0.3, 0.4) is 0 Å². The lowest BCUT2D eigenvalue weighted by Gasteiger charge is -2.31. The average molecular weight is 626 g/mol. The highest BCUT2D eigenvalue weighted by Gasteiger charge is 2.39. The molecule has 3 aromatic heterocycles. The first-order valence-electron chi connectivity index (χ1n) is 12.7. The van der Waals surface area contributed by atoms with Gasteiger partial charge in [0.2, 0.25) is 0 Å². The van der Waals surface area contributed by atoms with Crippen LogP contribution in [0, 0.1) is 6.92 Å². The monoisotopic (exact) mass is 625 g/mol. The number of carbonyl (C=O) groups is 2. The zero-order valence-electron chi connectivity index (χ0n) is 22.4. The van der Waals surface area contributed by atoms with Gasteiger partial charge in [-0.05, 0) is 55.5 Å². The third-order valence-electron chi connectivity index (χ3n) is 6.40. The lowest BCUT2D eigenvalue weighted by molar-refractivity contribution is -0.193. The molecule has 5 rings (SSSR count). The van der Waals surface area contributed by atoms with Gasteiger partial charge in [-0.15, -0.1) is 11.3 Å². The number of ether oxygens (including phenoxy) is 1. The van der Waals surface area contributed by atoms with Crippen LogP contribution >= 0.6 is 11.3 Å². The molecule has 0 bridgehead atoms. The van der Waals surface area contributed by atoms with Crippen LogP contribution in [0.25, 0.3) is 5.65 Å². The Labute approximate surface area is 240 Å². The van der Waals surface area contributed by atoms with Crippen LogP contribution in [0.4, 0.5) is 32.0 Å². The molecule has 0 aliphatic carbocycles. The van der Waals surface area contributed by atoms with E-state index >= 15 is 0 Å². The smallest absolute Gasteiger partial charge is 0.475 e. The topological polar surface area (TPSA) is 121 Å². The van der Waals surface area contributed by atoms with E-state index in [2.05, 4.69) is 46.5 Å². The summed E-state index contributed by atoms with van der Waals surface area (Å²) >= 11 is 1.87. The van der Waals surface area contributed by atoms with Crippen molar-refractivity contribution in [2.75, 3.05) is 44.3 Å². The van der Waals surface area contributed by atoms with Gasteiger partial charge in [0.15, 0.2) is 11.5 Å². The first-order chi connectivity index (χ1) is 19.6.